The van der Waals surface area contributed by atoms with Gasteiger partial charge in [0.15, 0.2) is 11.1 Å². The summed E-state index contributed by atoms with van der Waals surface area (Å²) in [5.41, 5.74) is 13.3. The van der Waals surface area contributed by atoms with E-state index in [9.17, 15) is 4.21 Å². The van der Waals surface area contributed by atoms with Gasteiger partial charge in [-0.3, -0.25) is 0 Å². The summed E-state index contributed by atoms with van der Waals surface area (Å²) in [5.74, 6) is 0.0297. The van der Waals surface area contributed by atoms with E-state index in [0.717, 1.165) is 12.2 Å². The van der Waals surface area contributed by atoms with Crippen LogP contribution in [-0.2, 0) is 11.1 Å². The second-order valence-electron chi connectivity index (χ2n) is 4.34. The van der Waals surface area contributed by atoms with Crippen molar-refractivity contribution in [2.75, 3.05) is 49.4 Å². The minimum absolute atomic E-state index is 0.0297. The van der Waals surface area contributed by atoms with Crippen molar-refractivity contribution in [1.82, 2.24) is 4.90 Å². The zero-order chi connectivity index (χ0) is 13.7. The smallest absolute Gasteiger partial charge is 0.173 e. The predicted molar refractivity (Wildman–Crippen MR) is 76.8 cm³/mol. The standard InChI is InChI=1S/C11H20N4O2S/c1-14(2)5-6-15(8-18(16)17)11-4-3-9(12)7-10(11)13/h3-4,7H,5-6,8,12-13H2,1-2H3,(H,16,17). The predicted octanol–water partition coefficient (Wildman–Crippen LogP) is 0.398. The van der Waals surface area contributed by atoms with Crippen molar-refractivity contribution in [3.63, 3.8) is 0 Å². The van der Waals surface area contributed by atoms with Gasteiger partial charge in [-0.05, 0) is 32.3 Å². The van der Waals surface area contributed by atoms with Crippen molar-refractivity contribution >= 4 is 28.1 Å². The maximum Gasteiger partial charge on any atom is 0.173 e. The average Bonchev–Trinajstić information content (AvgIpc) is 2.24. The average molecular weight is 272 g/mol. The number of nitrogens with two attached hydrogens (primary N) is 2. The van der Waals surface area contributed by atoms with Gasteiger partial charge in [0, 0.05) is 18.8 Å². The van der Waals surface area contributed by atoms with Crippen LogP contribution in [0.2, 0.25) is 0 Å². The van der Waals surface area contributed by atoms with Crippen LogP contribution in [0.3, 0.4) is 0 Å². The lowest BCUT2D eigenvalue weighted by Crippen LogP contribution is -2.34. The van der Waals surface area contributed by atoms with Gasteiger partial charge >= 0.3 is 0 Å². The number of nitrogens with zero attached hydrogens (tertiary/aromatic N) is 2. The maximum absolute atomic E-state index is 11.0. The maximum atomic E-state index is 11.0. The Labute approximate surface area is 110 Å². The molecular formula is C11H20N4O2S. The third-order valence-corrected chi connectivity index (χ3v) is 3.01. The van der Waals surface area contributed by atoms with E-state index in [2.05, 4.69) is 0 Å². The second-order valence-corrected chi connectivity index (χ2v) is 5.24. The number of rotatable bonds is 6. The molecule has 18 heavy (non-hydrogen) atoms. The number of benzene rings is 1. The molecule has 0 amide bonds. The normalized spacial score (nSPS) is 12.7. The van der Waals surface area contributed by atoms with Crippen LogP contribution in [0.1, 0.15) is 0 Å². The van der Waals surface area contributed by atoms with Crippen molar-refractivity contribution < 1.29 is 8.76 Å². The van der Waals surface area contributed by atoms with Crippen LogP contribution in [0.25, 0.3) is 0 Å². The molecule has 102 valence electrons. The van der Waals surface area contributed by atoms with E-state index >= 15 is 0 Å². The quantitative estimate of drug-likeness (QED) is 0.512. The van der Waals surface area contributed by atoms with Crippen LogP contribution >= 0.6 is 0 Å². The van der Waals surface area contributed by atoms with Gasteiger partial charge in [0.05, 0.1) is 11.4 Å². The van der Waals surface area contributed by atoms with E-state index in [0.29, 0.717) is 17.9 Å². The van der Waals surface area contributed by atoms with E-state index < -0.39 is 11.1 Å². The summed E-state index contributed by atoms with van der Waals surface area (Å²) >= 11 is -1.90. The van der Waals surface area contributed by atoms with Crippen LogP contribution < -0.4 is 16.4 Å². The minimum Gasteiger partial charge on any atom is -0.399 e. The molecular weight excluding hydrogens is 252 g/mol. The fourth-order valence-electron chi connectivity index (χ4n) is 1.57. The van der Waals surface area contributed by atoms with Crippen molar-refractivity contribution in [1.29, 1.82) is 0 Å². The Morgan fingerprint density at radius 3 is 2.44 bits per heavy atom. The van der Waals surface area contributed by atoms with E-state index in [1.54, 1.807) is 23.1 Å². The number of hydrogen-bond acceptors (Lipinski definition) is 5. The molecule has 0 aromatic heterocycles. The first-order valence-electron chi connectivity index (χ1n) is 5.52. The fraction of sp³-hybridized carbons (Fsp3) is 0.455. The molecule has 1 atom stereocenters. The van der Waals surface area contributed by atoms with Crippen molar-refractivity contribution in [2.45, 2.75) is 0 Å². The fourth-order valence-corrected chi connectivity index (χ4v) is 2.10. The summed E-state index contributed by atoms with van der Waals surface area (Å²) in [6.45, 7) is 1.38. The molecule has 0 heterocycles. The number of likely N-dealkylation sites (N-methyl/N-ethyl adjacent to an activating group) is 1. The molecule has 5 N–H and O–H groups in total. The summed E-state index contributed by atoms with van der Waals surface area (Å²) in [6, 6.07) is 5.15. The first-order chi connectivity index (χ1) is 8.40. The molecule has 6 nitrogen and oxygen atoms in total. The third-order valence-electron chi connectivity index (χ3n) is 2.48. The summed E-state index contributed by atoms with van der Waals surface area (Å²) in [6.07, 6.45) is 0. The number of anilines is 3. The molecule has 0 saturated carbocycles. The van der Waals surface area contributed by atoms with Gasteiger partial charge in [0.25, 0.3) is 0 Å². The first kappa shape index (κ1) is 14.7. The van der Waals surface area contributed by atoms with E-state index in [1.807, 2.05) is 19.0 Å². The lowest BCUT2D eigenvalue weighted by Gasteiger charge is -2.26. The molecule has 0 spiro atoms. The second kappa shape index (κ2) is 6.58. The summed E-state index contributed by atoms with van der Waals surface area (Å²) in [4.78, 5) is 3.78. The van der Waals surface area contributed by atoms with Crippen LogP contribution in [0.15, 0.2) is 18.2 Å². The molecule has 1 rings (SSSR count). The highest BCUT2D eigenvalue weighted by atomic mass is 32.2. The zero-order valence-electron chi connectivity index (χ0n) is 10.7. The summed E-state index contributed by atoms with van der Waals surface area (Å²) < 4.78 is 20.0. The van der Waals surface area contributed by atoms with Gasteiger partial charge in [-0.1, -0.05) is 0 Å². The summed E-state index contributed by atoms with van der Waals surface area (Å²) in [5, 5.41) is 0. The summed E-state index contributed by atoms with van der Waals surface area (Å²) in [7, 11) is 3.89. The monoisotopic (exact) mass is 272 g/mol. The van der Waals surface area contributed by atoms with Gasteiger partial charge in [-0.2, -0.15) is 0 Å². The lowest BCUT2D eigenvalue weighted by molar-refractivity contribution is 0.415. The highest BCUT2D eigenvalue weighted by Crippen LogP contribution is 2.25. The van der Waals surface area contributed by atoms with E-state index in [4.69, 9.17) is 16.0 Å². The lowest BCUT2D eigenvalue weighted by atomic mass is 10.2. The van der Waals surface area contributed by atoms with E-state index in [-0.39, 0.29) is 5.88 Å². The van der Waals surface area contributed by atoms with Crippen LogP contribution in [0.5, 0.6) is 0 Å². The Kier molecular flexibility index (Phi) is 5.39. The van der Waals surface area contributed by atoms with Crippen molar-refractivity contribution in [3.05, 3.63) is 18.2 Å². The molecule has 0 saturated heterocycles. The minimum atomic E-state index is -1.90. The van der Waals surface area contributed by atoms with Crippen molar-refractivity contribution in [3.8, 4) is 0 Å². The Morgan fingerprint density at radius 1 is 1.28 bits per heavy atom. The van der Waals surface area contributed by atoms with Crippen molar-refractivity contribution in [2.24, 2.45) is 0 Å². The van der Waals surface area contributed by atoms with Gasteiger partial charge in [-0.25, -0.2) is 4.21 Å². The Morgan fingerprint density at radius 2 is 1.94 bits per heavy atom. The first-order valence-corrected chi connectivity index (χ1v) is 6.80. The van der Waals surface area contributed by atoms with Gasteiger partial charge in [-0.15, -0.1) is 0 Å². The van der Waals surface area contributed by atoms with E-state index in [1.165, 1.54) is 0 Å². The number of hydrogen-bond donors (Lipinski definition) is 3. The van der Waals surface area contributed by atoms with Crippen LogP contribution in [0, 0.1) is 0 Å². The Hall–Kier alpha value is -1.31. The topological polar surface area (TPSA) is 95.8 Å². The molecule has 1 unspecified atom stereocenters. The zero-order valence-corrected chi connectivity index (χ0v) is 11.5. The molecule has 0 aliphatic carbocycles. The Balaban J connectivity index is 2.89. The molecule has 0 aliphatic rings. The van der Waals surface area contributed by atoms with Gasteiger partial charge in [0.1, 0.15) is 5.88 Å². The molecule has 0 fully saturated rings. The molecule has 0 bridgehead atoms. The third kappa shape index (κ3) is 4.52. The molecule has 0 aliphatic heterocycles. The number of nitrogen functional groups attached to an aromatic ring is 2. The molecule has 7 heteroatoms. The van der Waals surface area contributed by atoms with Gasteiger partial charge < -0.3 is 25.8 Å². The largest absolute Gasteiger partial charge is 0.399 e. The van der Waals surface area contributed by atoms with Crippen LogP contribution in [0.4, 0.5) is 17.1 Å². The Bertz CT molecular complexity index is 426. The van der Waals surface area contributed by atoms with Crippen LogP contribution in [-0.4, -0.2) is 46.7 Å². The van der Waals surface area contributed by atoms with Gasteiger partial charge in [0.2, 0.25) is 0 Å². The highest BCUT2D eigenvalue weighted by Gasteiger charge is 2.12. The molecule has 1 aromatic carbocycles. The molecule has 0 radical (unpaired) electrons. The molecule has 1 aromatic rings. The highest BCUT2D eigenvalue weighted by molar-refractivity contribution is 7.79. The SMILES string of the molecule is CN(C)CCN(CS(=O)O)c1ccc(N)cc1N.